The van der Waals surface area contributed by atoms with Crippen molar-refractivity contribution in [3.8, 4) is 0 Å². The van der Waals surface area contributed by atoms with E-state index in [1.165, 1.54) is 24.1 Å². The Morgan fingerprint density at radius 1 is 1.31 bits per heavy atom. The molecule has 0 radical (unpaired) electrons. The van der Waals surface area contributed by atoms with Gasteiger partial charge in [-0.25, -0.2) is 0 Å². The smallest absolute Gasteiger partial charge is 0.0931 e. The van der Waals surface area contributed by atoms with Crippen LogP contribution in [-0.2, 0) is 0 Å². The lowest BCUT2D eigenvalue weighted by Gasteiger charge is -2.16. The fourth-order valence-electron chi connectivity index (χ4n) is 1.84. The van der Waals surface area contributed by atoms with Crippen LogP contribution in [0.1, 0.15) is 51.0 Å². The van der Waals surface area contributed by atoms with Crippen molar-refractivity contribution in [1.82, 2.24) is 5.32 Å². The zero-order valence-electron chi connectivity index (χ0n) is 10.4. The molecule has 0 saturated carbocycles. The van der Waals surface area contributed by atoms with Gasteiger partial charge in [0, 0.05) is 10.9 Å². The Labute approximate surface area is 108 Å². The van der Waals surface area contributed by atoms with Crippen molar-refractivity contribution in [3.63, 3.8) is 0 Å². The molecule has 1 unspecified atom stereocenters. The Balaban J connectivity index is 2.47. The molecule has 1 rings (SSSR count). The summed E-state index contributed by atoms with van der Waals surface area (Å²) in [5.74, 6) is 0.800. The van der Waals surface area contributed by atoms with Gasteiger partial charge >= 0.3 is 0 Å². The topological polar surface area (TPSA) is 12.0 Å². The Hall–Kier alpha value is -0.0500. The molecule has 0 aromatic carbocycles. The quantitative estimate of drug-likeness (QED) is 0.736. The van der Waals surface area contributed by atoms with Crippen LogP contribution in [0.3, 0.4) is 0 Å². The molecule has 0 aliphatic rings. The Morgan fingerprint density at radius 2 is 2.06 bits per heavy atom. The fourth-order valence-corrected chi connectivity index (χ4v) is 3.01. The molecule has 1 N–H and O–H groups in total. The second-order valence-electron chi connectivity index (χ2n) is 4.58. The van der Waals surface area contributed by atoms with Crippen molar-refractivity contribution in [2.24, 2.45) is 5.92 Å². The molecule has 1 atom stereocenters. The van der Waals surface area contributed by atoms with Crippen molar-refractivity contribution < 1.29 is 0 Å². The van der Waals surface area contributed by atoms with Gasteiger partial charge < -0.3 is 5.32 Å². The molecule has 92 valence electrons. The average molecular weight is 260 g/mol. The molecule has 0 bridgehead atoms. The lowest BCUT2D eigenvalue weighted by atomic mass is 10.0. The highest BCUT2D eigenvalue weighted by Crippen LogP contribution is 2.30. The second-order valence-corrected chi connectivity index (χ2v) is 6.32. The Kier molecular flexibility index (Phi) is 6.40. The van der Waals surface area contributed by atoms with Crippen LogP contribution in [0, 0.1) is 5.92 Å². The lowest BCUT2D eigenvalue weighted by molar-refractivity contribution is 0.459. The van der Waals surface area contributed by atoms with Gasteiger partial charge in [0.05, 0.1) is 4.34 Å². The zero-order chi connectivity index (χ0) is 12.0. The van der Waals surface area contributed by atoms with Gasteiger partial charge in [-0.1, -0.05) is 45.2 Å². The first-order chi connectivity index (χ1) is 7.63. The van der Waals surface area contributed by atoms with Crippen LogP contribution in [0.25, 0.3) is 0 Å². The summed E-state index contributed by atoms with van der Waals surface area (Å²) in [6.45, 7) is 7.74. The van der Waals surface area contributed by atoms with Gasteiger partial charge in [-0.05, 0) is 31.0 Å². The largest absolute Gasteiger partial charge is 0.310 e. The highest BCUT2D eigenvalue weighted by atomic mass is 35.5. The Bertz CT molecular complexity index is 296. The van der Waals surface area contributed by atoms with Gasteiger partial charge in [-0.15, -0.1) is 11.3 Å². The minimum absolute atomic E-state index is 0.487. The summed E-state index contributed by atoms with van der Waals surface area (Å²) in [5.41, 5.74) is 0. The first-order valence-electron chi connectivity index (χ1n) is 6.12. The highest BCUT2D eigenvalue weighted by molar-refractivity contribution is 7.16. The molecular weight excluding hydrogens is 238 g/mol. The molecule has 0 spiro atoms. The number of nitrogens with one attached hydrogen (secondary N) is 1. The van der Waals surface area contributed by atoms with Crippen LogP contribution in [0.5, 0.6) is 0 Å². The standard InChI is InChI=1S/C13H22ClNS/c1-4-15-11(7-5-6-10(2)3)12-8-9-13(14)16-12/h8-11,15H,4-7H2,1-3H3. The van der Waals surface area contributed by atoms with E-state index in [9.17, 15) is 0 Å². The summed E-state index contributed by atoms with van der Waals surface area (Å²) in [4.78, 5) is 1.37. The number of rotatable bonds is 7. The van der Waals surface area contributed by atoms with E-state index in [2.05, 4.69) is 32.2 Å². The van der Waals surface area contributed by atoms with Gasteiger partial charge in [0.15, 0.2) is 0 Å². The number of thiophene rings is 1. The van der Waals surface area contributed by atoms with E-state index in [4.69, 9.17) is 11.6 Å². The van der Waals surface area contributed by atoms with Crippen molar-refractivity contribution in [3.05, 3.63) is 21.3 Å². The first-order valence-corrected chi connectivity index (χ1v) is 7.31. The van der Waals surface area contributed by atoms with E-state index in [0.717, 1.165) is 16.8 Å². The lowest BCUT2D eigenvalue weighted by Crippen LogP contribution is -2.20. The number of hydrogen-bond donors (Lipinski definition) is 1. The molecular formula is C13H22ClNS. The third-order valence-electron chi connectivity index (χ3n) is 2.66. The minimum Gasteiger partial charge on any atom is -0.310 e. The fraction of sp³-hybridized carbons (Fsp3) is 0.692. The van der Waals surface area contributed by atoms with Crippen LogP contribution < -0.4 is 5.32 Å². The highest BCUT2D eigenvalue weighted by Gasteiger charge is 2.12. The van der Waals surface area contributed by atoms with Gasteiger partial charge in [-0.3, -0.25) is 0 Å². The molecule has 16 heavy (non-hydrogen) atoms. The van der Waals surface area contributed by atoms with E-state index in [0.29, 0.717) is 6.04 Å². The maximum atomic E-state index is 5.98. The maximum absolute atomic E-state index is 5.98. The van der Waals surface area contributed by atoms with E-state index in [1.807, 2.05) is 6.07 Å². The van der Waals surface area contributed by atoms with Gasteiger partial charge in [0.25, 0.3) is 0 Å². The van der Waals surface area contributed by atoms with E-state index >= 15 is 0 Å². The van der Waals surface area contributed by atoms with Crippen molar-refractivity contribution in [1.29, 1.82) is 0 Å². The molecule has 1 nitrogen and oxygen atoms in total. The average Bonchev–Trinajstić information content (AvgIpc) is 2.63. The van der Waals surface area contributed by atoms with Crippen LogP contribution in [0.15, 0.2) is 12.1 Å². The molecule has 0 amide bonds. The van der Waals surface area contributed by atoms with Gasteiger partial charge in [0.2, 0.25) is 0 Å². The zero-order valence-corrected chi connectivity index (χ0v) is 12.0. The summed E-state index contributed by atoms with van der Waals surface area (Å²) >= 11 is 7.68. The molecule has 1 heterocycles. The van der Waals surface area contributed by atoms with E-state index < -0.39 is 0 Å². The van der Waals surface area contributed by atoms with Crippen molar-refractivity contribution in [2.45, 2.75) is 46.1 Å². The summed E-state index contributed by atoms with van der Waals surface area (Å²) in [6.07, 6.45) is 3.80. The SMILES string of the molecule is CCNC(CCCC(C)C)c1ccc(Cl)s1. The molecule has 0 aliphatic carbocycles. The second kappa shape index (κ2) is 7.31. The first kappa shape index (κ1) is 14.0. The summed E-state index contributed by atoms with van der Waals surface area (Å²) < 4.78 is 0.891. The van der Waals surface area contributed by atoms with Crippen LogP contribution in [0.2, 0.25) is 4.34 Å². The Morgan fingerprint density at radius 3 is 2.56 bits per heavy atom. The van der Waals surface area contributed by atoms with E-state index in [-0.39, 0.29) is 0 Å². The normalized spacial score (nSPS) is 13.3. The molecule has 0 saturated heterocycles. The van der Waals surface area contributed by atoms with Gasteiger partial charge in [-0.2, -0.15) is 0 Å². The molecule has 0 fully saturated rings. The van der Waals surface area contributed by atoms with Crippen LogP contribution >= 0.6 is 22.9 Å². The predicted molar refractivity (Wildman–Crippen MR) is 74.4 cm³/mol. The van der Waals surface area contributed by atoms with Crippen molar-refractivity contribution >= 4 is 22.9 Å². The molecule has 1 aromatic rings. The number of hydrogen-bond acceptors (Lipinski definition) is 2. The summed E-state index contributed by atoms with van der Waals surface area (Å²) in [7, 11) is 0. The summed E-state index contributed by atoms with van der Waals surface area (Å²) in [6, 6.07) is 4.63. The van der Waals surface area contributed by atoms with Crippen molar-refractivity contribution in [2.75, 3.05) is 6.54 Å². The number of halogens is 1. The predicted octanol–water partition coefficient (Wildman–Crippen LogP) is 4.88. The molecule has 1 aromatic heterocycles. The van der Waals surface area contributed by atoms with Crippen LogP contribution in [0.4, 0.5) is 0 Å². The monoisotopic (exact) mass is 259 g/mol. The van der Waals surface area contributed by atoms with E-state index in [1.54, 1.807) is 11.3 Å². The maximum Gasteiger partial charge on any atom is 0.0931 e. The van der Waals surface area contributed by atoms with Gasteiger partial charge in [0.1, 0.15) is 0 Å². The molecule has 3 heteroatoms. The van der Waals surface area contributed by atoms with Crippen LogP contribution in [-0.4, -0.2) is 6.54 Å². The third-order valence-corrected chi connectivity index (χ3v) is 4.01. The summed E-state index contributed by atoms with van der Waals surface area (Å²) in [5, 5.41) is 3.54. The minimum atomic E-state index is 0.487. The molecule has 0 aliphatic heterocycles. The third kappa shape index (κ3) is 4.86.